The van der Waals surface area contributed by atoms with Crippen molar-refractivity contribution in [3.63, 3.8) is 0 Å². The van der Waals surface area contributed by atoms with Crippen LogP contribution < -0.4 is 9.47 Å². The molecule has 3 aromatic rings. The summed E-state index contributed by atoms with van der Waals surface area (Å²) in [5, 5.41) is 0. The van der Waals surface area contributed by atoms with Crippen molar-refractivity contribution in [2.75, 3.05) is 26.4 Å². The maximum Gasteiger partial charge on any atom is 0.199 e. The third-order valence-corrected chi connectivity index (χ3v) is 7.01. The second-order valence-electron chi connectivity index (χ2n) is 9.70. The normalized spacial score (nSPS) is 18.7. The van der Waals surface area contributed by atoms with E-state index in [1.54, 1.807) is 0 Å². The molecule has 0 N–H and O–H groups in total. The predicted octanol–water partition coefficient (Wildman–Crippen LogP) is 7.49. The van der Waals surface area contributed by atoms with E-state index < -0.39 is 0 Å². The standard InChI is InChI=1S/C33H38O5/c1-2-30(25-9-4-3-5-10-25)33(27-15-19-29(20-16-27)38-32-11-6-7-21-35-32)26-13-17-28(18-14-26)34-22-8-12-31-36-23-24-37-31/h3-5,9-10,13-20,31-32H,2,6-8,11-12,21-24H2,1H3. The number of rotatable bonds is 11. The fourth-order valence-electron chi connectivity index (χ4n) is 5.07. The van der Waals surface area contributed by atoms with Gasteiger partial charge in [-0.25, -0.2) is 0 Å². The van der Waals surface area contributed by atoms with Gasteiger partial charge < -0.3 is 23.7 Å². The molecule has 0 spiro atoms. The van der Waals surface area contributed by atoms with Crippen molar-refractivity contribution in [3.05, 3.63) is 95.6 Å². The van der Waals surface area contributed by atoms with E-state index in [-0.39, 0.29) is 12.6 Å². The van der Waals surface area contributed by atoms with Gasteiger partial charge in [-0.2, -0.15) is 0 Å². The number of ether oxygens (including phenoxy) is 5. The molecule has 0 amide bonds. The highest BCUT2D eigenvalue weighted by atomic mass is 16.7. The van der Waals surface area contributed by atoms with Gasteiger partial charge in [0.15, 0.2) is 12.6 Å². The van der Waals surface area contributed by atoms with Crippen LogP contribution in [0.4, 0.5) is 0 Å². The smallest absolute Gasteiger partial charge is 0.199 e. The molecule has 2 fully saturated rings. The van der Waals surface area contributed by atoms with Crippen molar-refractivity contribution in [2.24, 2.45) is 0 Å². The van der Waals surface area contributed by atoms with Gasteiger partial charge >= 0.3 is 0 Å². The van der Waals surface area contributed by atoms with Gasteiger partial charge in [-0.3, -0.25) is 0 Å². The van der Waals surface area contributed by atoms with E-state index in [9.17, 15) is 0 Å². The second kappa shape index (κ2) is 13.6. The average Bonchev–Trinajstić information content (AvgIpc) is 3.50. The van der Waals surface area contributed by atoms with Gasteiger partial charge in [-0.15, -0.1) is 0 Å². The molecule has 2 heterocycles. The lowest BCUT2D eigenvalue weighted by Gasteiger charge is -2.23. The molecular formula is C33H38O5. The minimum Gasteiger partial charge on any atom is -0.494 e. The number of benzene rings is 3. The van der Waals surface area contributed by atoms with Crippen molar-refractivity contribution in [1.82, 2.24) is 0 Å². The first-order valence-electron chi connectivity index (χ1n) is 13.9. The molecule has 2 aliphatic heterocycles. The van der Waals surface area contributed by atoms with Gasteiger partial charge in [0.25, 0.3) is 0 Å². The summed E-state index contributed by atoms with van der Waals surface area (Å²) in [6.45, 7) is 5.01. The van der Waals surface area contributed by atoms with Crippen LogP contribution in [0.2, 0.25) is 0 Å². The van der Waals surface area contributed by atoms with Gasteiger partial charge in [0.2, 0.25) is 0 Å². The molecule has 0 aromatic heterocycles. The molecule has 5 rings (SSSR count). The molecule has 0 radical (unpaired) electrons. The van der Waals surface area contributed by atoms with Crippen LogP contribution in [0.25, 0.3) is 11.1 Å². The molecule has 1 unspecified atom stereocenters. The van der Waals surface area contributed by atoms with Crippen LogP contribution >= 0.6 is 0 Å². The van der Waals surface area contributed by atoms with Crippen LogP contribution in [-0.4, -0.2) is 39.0 Å². The molecule has 0 aliphatic carbocycles. The first-order chi connectivity index (χ1) is 18.8. The fraction of sp³-hybridized carbons (Fsp3) is 0.394. The van der Waals surface area contributed by atoms with Gasteiger partial charge in [0.1, 0.15) is 11.5 Å². The van der Waals surface area contributed by atoms with E-state index in [0.29, 0.717) is 19.8 Å². The molecule has 1 atom stereocenters. The summed E-state index contributed by atoms with van der Waals surface area (Å²) in [5.74, 6) is 1.71. The highest BCUT2D eigenvalue weighted by Gasteiger charge is 2.17. The molecule has 38 heavy (non-hydrogen) atoms. The summed E-state index contributed by atoms with van der Waals surface area (Å²) >= 11 is 0. The first kappa shape index (κ1) is 26.5. The topological polar surface area (TPSA) is 46.2 Å². The van der Waals surface area contributed by atoms with Crippen LogP contribution in [0.3, 0.4) is 0 Å². The molecule has 0 saturated carbocycles. The van der Waals surface area contributed by atoms with Gasteiger partial charge in [-0.1, -0.05) is 61.5 Å². The quantitative estimate of drug-likeness (QED) is 0.196. The SMILES string of the molecule is CCC(=C(c1ccc(OCCCC2OCCO2)cc1)c1ccc(OC2CCCCO2)cc1)c1ccccc1. The Bertz CT molecular complexity index is 1140. The highest BCUT2D eigenvalue weighted by molar-refractivity contribution is 5.98. The Morgan fingerprint density at radius 3 is 2.05 bits per heavy atom. The molecule has 5 heteroatoms. The lowest BCUT2D eigenvalue weighted by Crippen LogP contribution is -2.24. The van der Waals surface area contributed by atoms with Crippen LogP contribution in [0.5, 0.6) is 11.5 Å². The van der Waals surface area contributed by atoms with Crippen LogP contribution in [0.15, 0.2) is 78.9 Å². The highest BCUT2D eigenvalue weighted by Crippen LogP contribution is 2.36. The zero-order valence-corrected chi connectivity index (χ0v) is 22.3. The van der Waals surface area contributed by atoms with Gasteiger partial charge in [-0.05, 0) is 77.8 Å². The fourth-order valence-corrected chi connectivity index (χ4v) is 5.07. The van der Waals surface area contributed by atoms with Crippen LogP contribution in [0, 0.1) is 0 Å². The van der Waals surface area contributed by atoms with Gasteiger partial charge in [0.05, 0.1) is 26.4 Å². The zero-order chi connectivity index (χ0) is 26.0. The summed E-state index contributed by atoms with van der Waals surface area (Å²) in [5.41, 5.74) is 6.09. The number of allylic oxidation sites excluding steroid dienone is 1. The monoisotopic (exact) mass is 514 g/mol. The van der Waals surface area contributed by atoms with Crippen molar-refractivity contribution in [2.45, 2.75) is 58.0 Å². The Morgan fingerprint density at radius 1 is 0.737 bits per heavy atom. The summed E-state index contributed by atoms with van der Waals surface area (Å²) < 4.78 is 28.9. The predicted molar refractivity (Wildman–Crippen MR) is 150 cm³/mol. The van der Waals surface area contributed by atoms with Gasteiger partial charge in [0, 0.05) is 12.8 Å². The lowest BCUT2D eigenvalue weighted by atomic mass is 9.88. The average molecular weight is 515 g/mol. The second-order valence-corrected chi connectivity index (χ2v) is 9.70. The number of hydrogen-bond donors (Lipinski definition) is 0. The minimum absolute atomic E-state index is 0.0777. The lowest BCUT2D eigenvalue weighted by molar-refractivity contribution is -0.105. The Hall–Kier alpha value is -3.12. The van der Waals surface area contributed by atoms with E-state index >= 15 is 0 Å². The number of hydrogen-bond acceptors (Lipinski definition) is 5. The summed E-state index contributed by atoms with van der Waals surface area (Å²) in [4.78, 5) is 0. The van der Waals surface area contributed by atoms with E-state index in [2.05, 4.69) is 85.8 Å². The zero-order valence-electron chi connectivity index (χ0n) is 22.3. The maximum atomic E-state index is 6.09. The molecule has 200 valence electrons. The van der Waals surface area contributed by atoms with Crippen molar-refractivity contribution < 1.29 is 23.7 Å². The Kier molecular flexibility index (Phi) is 9.48. The van der Waals surface area contributed by atoms with Crippen LogP contribution in [-0.2, 0) is 14.2 Å². The van der Waals surface area contributed by atoms with E-state index in [4.69, 9.17) is 23.7 Å². The van der Waals surface area contributed by atoms with Crippen molar-refractivity contribution in [3.8, 4) is 11.5 Å². The molecule has 2 aliphatic rings. The summed E-state index contributed by atoms with van der Waals surface area (Å²) in [6, 6.07) is 27.5. The first-order valence-corrected chi connectivity index (χ1v) is 13.9. The Morgan fingerprint density at radius 2 is 1.42 bits per heavy atom. The Balaban J connectivity index is 1.35. The van der Waals surface area contributed by atoms with E-state index in [0.717, 1.165) is 67.8 Å². The molecular weight excluding hydrogens is 476 g/mol. The maximum absolute atomic E-state index is 6.09. The van der Waals surface area contributed by atoms with Crippen LogP contribution in [0.1, 0.15) is 62.1 Å². The molecule has 5 nitrogen and oxygen atoms in total. The summed E-state index contributed by atoms with van der Waals surface area (Å²) in [6.07, 6.45) is 5.64. The molecule has 2 saturated heterocycles. The minimum atomic E-state index is -0.147. The molecule has 0 bridgehead atoms. The van der Waals surface area contributed by atoms with Crippen molar-refractivity contribution >= 4 is 11.1 Å². The third-order valence-electron chi connectivity index (χ3n) is 7.01. The Labute approximate surface area is 226 Å². The summed E-state index contributed by atoms with van der Waals surface area (Å²) in [7, 11) is 0. The molecule has 3 aromatic carbocycles. The third kappa shape index (κ3) is 7.04. The van der Waals surface area contributed by atoms with E-state index in [1.807, 2.05) is 0 Å². The largest absolute Gasteiger partial charge is 0.494 e. The van der Waals surface area contributed by atoms with Crippen molar-refractivity contribution in [1.29, 1.82) is 0 Å². The van der Waals surface area contributed by atoms with E-state index in [1.165, 1.54) is 16.7 Å².